The summed E-state index contributed by atoms with van der Waals surface area (Å²) in [5.41, 5.74) is 0.490. The molecular formula is C18H17BrClNO5. The van der Waals surface area contributed by atoms with Gasteiger partial charge in [0.25, 0.3) is 5.91 Å². The smallest absolute Gasteiger partial charge is 0.341 e. The van der Waals surface area contributed by atoms with E-state index in [-0.39, 0.29) is 29.5 Å². The summed E-state index contributed by atoms with van der Waals surface area (Å²) in [6.45, 7) is 1.73. The fourth-order valence-electron chi connectivity index (χ4n) is 2.05. The van der Waals surface area contributed by atoms with Crippen molar-refractivity contribution < 1.29 is 23.8 Å². The van der Waals surface area contributed by atoms with Gasteiger partial charge < -0.3 is 19.5 Å². The Kier molecular flexibility index (Phi) is 7.29. The van der Waals surface area contributed by atoms with Crippen molar-refractivity contribution in [2.75, 3.05) is 25.6 Å². The number of benzene rings is 2. The summed E-state index contributed by atoms with van der Waals surface area (Å²) in [6, 6.07) is 9.95. The predicted octanol–water partition coefficient (Wildman–Crippen LogP) is 4.31. The van der Waals surface area contributed by atoms with Crippen molar-refractivity contribution in [1.29, 1.82) is 0 Å². The van der Waals surface area contributed by atoms with Crippen molar-refractivity contribution in [1.82, 2.24) is 0 Å². The van der Waals surface area contributed by atoms with E-state index in [0.717, 1.165) is 4.47 Å². The molecule has 0 aliphatic rings. The summed E-state index contributed by atoms with van der Waals surface area (Å²) in [7, 11) is 1.41. The number of ether oxygens (including phenoxy) is 3. The number of carbonyl (C=O) groups is 2. The first-order valence-corrected chi connectivity index (χ1v) is 8.84. The largest absolute Gasteiger partial charge is 0.496 e. The summed E-state index contributed by atoms with van der Waals surface area (Å²) < 4.78 is 16.5. The summed E-state index contributed by atoms with van der Waals surface area (Å²) in [6.07, 6.45) is 0. The maximum Gasteiger partial charge on any atom is 0.341 e. The normalized spacial score (nSPS) is 10.2. The lowest BCUT2D eigenvalue weighted by Crippen LogP contribution is -2.20. The third-order valence-electron chi connectivity index (χ3n) is 3.24. The number of hydrogen-bond donors (Lipinski definition) is 1. The summed E-state index contributed by atoms with van der Waals surface area (Å²) in [5.74, 6) is -0.148. The molecule has 2 aromatic rings. The minimum absolute atomic E-state index is 0.184. The topological polar surface area (TPSA) is 73.9 Å². The number of esters is 1. The molecule has 6 nitrogen and oxygen atoms in total. The van der Waals surface area contributed by atoms with E-state index in [1.807, 2.05) is 12.1 Å². The third kappa shape index (κ3) is 5.37. The van der Waals surface area contributed by atoms with Gasteiger partial charge in [0.15, 0.2) is 6.61 Å². The van der Waals surface area contributed by atoms with Gasteiger partial charge in [-0.25, -0.2) is 4.79 Å². The second-order valence-corrected chi connectivity index (χ2v) is 6.37. The molecule has 0 saturated heterocycles. The average molecular weight is 443 g/mol. The number of halogens is 2. The zero-order valence-corrected chi connectivity index (χ0v) is 16.5. The number of rotatable bonds is 7. The van der Waals surface area contributed by atoms with E-state index in [9.17, 15) is 9.59 Å². The second-order valence-electron chi connectivity index (χ2n) is 5.04. The van der Waals surface area contributed by atoms with Crippen molar-refractivity contribution in [3.63, 3.8) is 0 Å². The minimum Gasteiger partial charge on any atom is -0.496 e. The van der Waals surface area contributed by atoms with E-state index in [2.05, 4.69) is 21.2 Å². The van der Waals surface area contributed by atoms with Crippen LogP contribution in [-0.2, 0) is 9.53 Å². The molecule has 1 amide bonds. The second kappa shape index (κ2) is 9.45. The van der Waals surface area contributed by atoms with Gasteiger partial charge >= 0.3 is 5.97 Å². The van der Waals surface area contributed by atoms with Gasteiger partial charge in [-0.15, -0.1) is 0 Å². The Balaban J connectivity index is 2.07. The van der Waals surface area contributed by atoms with Gasteiger partial charge in [0, 0.05) is 10.5 Å². The Hall–Kier alpha value is -2.25. The van der Waals surface area contributed by atoms with Crippen LogP contribution in [0.3, 0.4) is 0 Å². The highest BCUT2D eigenvalue weighted by molar-refractivity contribution is 9.10. The SMILES string of the molecule is CCOC(=O)c1cc(Cl)c(NC(=O)COc2ccc(Br)cc2)cc1OC. The molecule has 138 valence electrons. The van der Waals surface area contributed by atoms with Crippen LogP contribution < -0.4 is 14.8 Å². The van der Waals surface area contributed by atoms with Crippen molar-refractivity contribution in [3.05, 3.63) is 51.5 Å². The van der Waals surface area contributed by atoms with Crippen molar-refractivity contribution >= 4 is 45.1 Å². The van der Waals surface area contributed by atoms with Gasteiger partial charge in [0.05, 0.1) is 24.4 Å². The van der Waals surface area contributed by atoms with Gasteiger partial charge in [0.2, 0.25) is 0 Å². The number of amides is 1. The molecule has 2 rings (SSSR count). The fraction of sp³-hybridized carbons (Fsp3) is 0.222. The van der Waals surface area contributed by atoms with E-state index < -0.39 is 11.9 Å². The molecule has 0 aliphatic carbocycles. The third-order valence-corrected chi connectivity index (χ3v) is 4.08. The lowest BCUT2D eigenvalue weighted by atomic mass is 10.1. The lowest BCUT2D eigenvalue weighted by molar-refractivity contribution is -0.118. The molecule has 0 atom stereocenters. The van der Waals surface area contributed by atoms with Crippen LogP contribution in [0.4, 0.5) is 5.69 Å². The minimum atomic E-state index is -0.553. The first-order valence-electron chi connectivity index (χ1n) is 7.67. The molecule has 0 unspecified atom stereocenters. The zero-order valence-electron chi connectivity index (χ0n) is 14.2. The zero-order chi connectivity index (χ0) is 19.1. The molecule has 0 spiro atoms. The molecular weight excluding hydrogens is 426 g/mol. The van der Waals surface area contributed by atoms with Crippen LogP contribution in [0.2, 0.25) is 5.02 Å². The molecule has 8 heteroatoms. The number of methoxy groups -OCH3 is 1. The Morgan fingerprint density at radius 1 is 1.19 bits per heavy atom. The van der Waals surface area contributed by atoms with E-state index in [1.165, 1.54) is 19.2 Å². The predicted molar refractivity (Wildman–Crippen MR) is 102 cm³/mol. The van der Waals surface area contributed by atoms with Gasteiger partial charge in [-0.2, -0.15) is 0 Å². The molecule has 26 heavy (non-hydrogen) atoms. The van der Waals surface area contributed by atoms with Crippen molar-refractivity contribution in [2.45, 2.75) is 6.92 Å². The van der Waals surface area contributed by atoms with Crippen LogP contribution in [0.25, 0.3) is 0 Å². The highest BCUT2D eigenvalue weighted by Gasteiger charge is 2.18. The Bertz CT molecular complexity index is 795. The first-order chi connectivity index (χ1) is 12.4. The van der Waals surface area contributed by atoms with Crippen molar-refractivity contribution in [3.8, 4) is 11.5 Å². The maximum atomic E-state index is 12.1. The van der Waals surface area contributed by atoms with Gasteiger partial charge in [0.1, 0.15) is 17.1 Å². The quantitative estimate of drug-likeness (QED) is 0.647. The molecule has 0 heterocycles. The fourth-order valence-corrected chi connectivity index (χ4v) is 2.53. The van der Waals surface area contributed by atoms with Crippen LogP contribution >= 0.6 is 27.5 Å². The molecule has 0 aliphatic heterocycles. The van der Waals surface area contributed by atoms with Gasteiger partial charge in [-0.3, -0.25) is 4.79 Å². The molecule has 2 aromatic carbocycles. The van der Waals surface area contributed by atoms with Gasteiger partial charge in [-0.1, -0.05) is 27.5 Å². The number of nitrogens with one attached hydrogen (secondary N) is 1. The Labute approximate surface area is 164 Å². The van der Waals surface area contributed by atoms with E-state index in [4.69, 9.17) is 25.8 Å². The molecule has 0 aromatic heterocycles. The van der Waals surface area contributed by atoms with Crippen molar-refractivity contribution in [2.24, 2.45) is 0 Å². The van der Waals surface area contributed by atoms with Crippen LogP contribution in [0.15, 0.2) is 40.9 Å². The van der Waals surface area contributed by atoms with Crippen LogP contribution in [0.5, 0.6) is 11.5 Å². The highest BCUT2D eigenvalue weighted by atomic mass is 79.9. The standard InChI is InChI=1S/C18H17BrClNO5/c1-3-25-18(23)13-8-14(20)15(9-16(13)24-2)21-17(22)10-26-12-6-4-11(19)5-7-12/h4-9H,3,10H2,1-2H3,(H,21,22). The van der Waals surface area contributed by atoms with Crippen LogP contribution in [-0.4, -0.2) is 32.2 Å². The molecule has 0 bridgehead atoms. The first kappa shape index (κ1) is 20.1. The molecule has 0 radical (unpaired) electrons. The van der Waals surface area contributed by atoms with E-state index >= 15 is 0 Å². The Morgan fingerprint density at radius 2 is 1.88 bits per heavy atom. The lowest BCUT2D eigenvalue weighted by Gasteiger charge is -2.13. The monoisotopic (exact) mass is 441 g/mol. The molecule has 0 fully saturated rings. The van der Waals surface area contributed by atoms with Crippen LogP contribution in [0, 0.1) is 0 Å². The van der Waals surface area contributed by atoms with E-state index in [1.54, 1.807) is 19.1 Å². The molecule has 1 N–H and O–H groups in total. The van der Waals surface area contributed by atoms with Crippen LogP contribution in [0.1, 0.15) is 17.3 Å². The van der Waals surface area contributed by atoms with E-state index in [0.29, 0.717) is 11.4 Å². The summed E-state index contributed by atoms with van der Waals surface area (Å²) in [5, 5.41) is 2.81. The highest BCUT2D eigenvalue weighted by Crippen LogP contribution is 2.31. The molecule has 0 saturated carbocycles. The van der Waals surface area contributed by atoms with Gasteiger partial charge in [-0.05, 0) is 37.3 Å². The number of hydrogen-bond acceptors (Lipinski definition) is 5. The Morgan fingerprint density at radius 3 is 2.50 bits per heavy atom. The number of anilines is 1. The summed E-state index contributed by atoms with van der Waals surface area (Å²) >= 11 is 9.48. The maximum absolute atomic E-state index is 12.1. The average Bonchev–Trinajstić information content (AvgIpc) is 2.62. The number of carbonyl (C=O) groups excluding carboxylic acids is 2. The summed E-state index contributed by atoms with van der Waals surface area (Å²) in [4.78, 5) is 24.0.